The van der Waals surface area contributed by atoms with Gasteiger partial charge in [0.2, 0.25) is 0 Å². The molecule has 0 aliphatic heterocycles. The van der Waals surface area contributed by atoms with Crippen LogP contribution in [0.1, 0.15) is 66.7 Å². The van der Waals surface area contributed by atoms with Gasteiger partial charge in [-0.2, -0.15) is 26.3 Å². The van der Waals surface area contributed by atoms with Gasteiger partial charge in [-0.1, -0.05) is 18.6 Å². The van der Waals surface area contributed by atoms with Gasteiger partial charge < -0.3 is 37.6 Å². The van der Waals surface area contributed by atoms with Gasteiger partial charge in [0.25, 0.3) is 11.1 Å². The highest BCUT2D eigenvalue weighted by Crippen LogP contribution is 2.40. The number of nitrogens with zero attached hydrogens (tertiary/aromatic N) is 6. The van der Waals surface area contributed by atoms with Gasteiger partial charge in [0.1, 0.15) is 24.9 Å². The zero-order valence-corrected chi connectivity index (χ0v) is 36.7. The first-order valence-corrected chi connectivity index (χ1v) is 21.0. The summed E-state index contributed by atoms with van der Waals surface area (Å²) < 4.78 is 96.8. The number of benzene rings is 2. The fraction of sp³-hybridized carbons (Fsp3) is 0.478. The number of hydrogen-bond acceptors (Lipinski definition) is 8. The standard InChI is InChI=1S/C23H26F3N3O3.C22H24F3N3O2.CH4O/c1-14-8-17(12-28(2)22(14)30)15-4-5-19-20(11-15)29(6-7-32-13-23(24,25)26)21(27-19)16-9-18(10-16)31-3;1-14-10-17(12-27(2)21(14)29)16-6-7-18-19(11-16)28(8-9-30-13-22(23,24)25)20(26-18)15-4-3-5-15;1-2/h4-5,8,11-12,16,18H,6-7,9-10,13H2,1-3H3;6-7,10-12,15H,3-5,8-9,13H2,1-2H3;2H,1H3. The van der Waals surface area contributed by atoms with Crippen molar-refractivity contribution in [3.63, 3.8) is 0 Å². The summed E-state index contributed by atoms with van der Waals surface area (Å²) in [6.07, 6.45) is -0.0582. The van der Waals surface area contributed by atoms with Crippen molar-refractivity contribution < 1.29 is 45.7 Å². The average molecular weight is 901 g/mol. The minimum atomic E-state index is -4.35. The minimum Gasteiger partial charge on any atom is -0.400 e. The highest BCUT2D eigenvalue weighted by Gasteiger charge is 2.35. The Morgan fingerprint density at radius 2 is 1.08 bits per heavy atom. The molecular formula is C46H54F6N6O6. The van der Waals surface area contributed by atoms with Crippen molar-refractivity contribution in [1.82, 2.24) is 28.2 Å². The SMILES string of the molecule is CO.COC1CC(c2nc3ccc(-c4cc(C)c(=O)n(C)c4)cc3n2CCOCC(F)(F)F)C1.Cc1cc(-c2ccc3nc(C4CCC4)n(CCOCC(F)(F)F)c3c2)cn(C)c1=O. The van der Waals surface area contributed by atoms with Crippen molar-refractivity contribution in [2.75, 3.05) is 40.6 Å². The lowest BCUT2D eigenvalue weighted by molar-refractivity contribution is -0.174. The molecule has 64 heavy (non-hydrogen) atoms. The van der Waals surface area contributed by atoms with Crippen molar-refractivity contribution in [2.24, 2.45) is 14.1 Å². The smallest absolute Gasteiger partial charge is 0.400 e. The number of aryl methyl sites for hydroxylation is 4. The lowest BCUT2D eigenvalue weighted by Crippen LogP contribution is -2.31. The zero-order chi connectivity index (χ0) is 46.5. The lowest BCUT2D eigenvalue weighted by Gasteiger charge is -2.33. The molecule has 2 aliphatic rings. The number of pyridine rings is 2. The molecule has 0 amide bonds. The van der Waals surface area contributed by atoms with Gasteiger partial charge in [0, 0.05) is 76.8 Å². The topological polar surface area (TPSA) is 128 Å². The van der Waals surface area contributed by atoms with Gasteiger partial charge in [0.05, 0.1) is 41.4 Å². The van der Waals surface area contributed by atoms with E-state index in [4.69, 9.17) is 29.3 Å². The van der Waals surface area contributed by atoms with Gasteiger partial charge in [0.15, 0.2) is 0 Å². The third-order valence-corrected chi connectivity index (χ3v) is 11.7. The molecule has 0 radical (unpaired) electrons. The number of alkyl halides is 6. The molecule has 1 N–H and O–H groups in total. The number of aromatic nitrogens is 6. The van der Waals surface area contributed by atoms with E-state index in [0.717, 1.165) is 95.2 Å². The molecule has 0 unspecified atom stereocenters. The highest BCUT2D eigenvalue weighted by molar-refractivity contribution is 5.84. The van der Waals surface area contributed by atoms with Crippen LogP contribution in [0.2, 0.25) is 0 Å². The first-order valence-electron chi connectivity index (χ1n) is 21.0. The second-order valence-corrected chi connectivity index (χ2v) is 16.3. The van der Waals surface area contributed by atoms with Crippen molar-refractivity contribution in [3.8, 4) is 22.3 Å². The van der Waals surface area contributed by atoms with E-state index in [0.29, 0.717) is 23.6 Å². The fourth-order valence-corrected chi connectivity index (χ4v) is 8.13. The Morgan fingerprint density at radius 1 is 0.656 bits per heavy atom. The molecule has 2 fully saturated rings. The summed E-state index contributed by atoms with van der Waals surface area (Å²) in [5, 5.41) is 7.00. The number of hydrogen-bond donors (Lipinski definition) is 1. The maximum atomic E-state index is 12.5. The van der Waals surface area contributed by atoms with E-state index < -0.39 is 25.6 Å². The summed E-state index contributed by atoms with van der Waals surface area (Å²) in [5.74, 6) is 2.29. The summed E-state index contributed by atoms with van der Waals surface area (Å²) in [7, 11) is 6.10. The molecule has 2 aromatic carbocycles. The molecule has 6 aromatic rings. The number of imidazole rings is 2. The molecule has 12 nitrogen and oxygen atoms in total. The number of rotatable bonds is 13. The third-order valence-electron chi connectivity index (χ3n) is 11.7. The molecule has 2 saturated carbocycles. The van der Waals surface area contributed by atoms with Gasteiger partial charge in [-0.05, 0) is 98.2 Å². The average Bonchev–Trinajstić information content (AvgIpc) is 3.74. The number of ether oxygens (including phenoxy) is 3. The molecule has 18 heteroatoms. The Kier molecular flexibility index (Phi) is 15.2. The van der Waals surface area contributed by atoms with Crippen molar-refractivity contribution in [2.45, 2.75) is 89.3 Å². The van der Waals surface area contributed by atoms with Crippen LogP contribution in [-0.2, 0) is 41.4 Å². The van der Waals surface area contributed by atoms with Crippen LogP contribution in [0.15, 0.2) is 70.5 Å². The van der Waals surface area contributed by atoms with Crippen molar-refractivity contribution >= 4 is 22.1 Å². The molecule has 0 bridgehead atoms. The van der Waals surface area contributed by atoms with Gasteiger partial charge >= 0.3 is 12.4 Å². The maximum absolute atomic E-state index is 12.5. The maximum Gasteiger partial charge on any atom is 0.411 e. The molecular weight excluding hydrogens is 847 g/mol. The van der Waals surface area contributed by atoms with Crippen LogP contribution in [0.25, 0.3) is 44.3 Å². The second-order valence-electron chi connectivity index (χ2n) is 16.3. The minimum absolute atomic E-state index is 0.0339. The Hall–Kier alpha value is -5.30. The summed E-state index contributed by atoms with van der Waals surface area (Å²) >= 11 is 0. The van der Waals surface area contributed by atoms with Crippen molar-refractivity contribution in [1.29, 1.82) is 0 Å². The summed E-state index contributed by atoms with van der Waals surface area (Å²) in [5.41, 5.74) is 8.12. The van der Waals surface area contributed by atoms with E-state index in [1.807, 2.05) is 57.7 Å². The normalized spacial score (nSPS) is 16.5. The van der Waals surface area contributed by atoms with Gasteiger partial charge in [-0.3, -0.25) is 9.59 Å². The number of aliphatic hydroxyl groups excluding tert-OH is 1. The molecule has 346 valence electrons. The number of aliphatic hydroxyl groups is 1. The number of methoxy groups -OCH3 is 1. The molecule has 2 aliphatic carbocycles. The Balaban J connectivity index is 0.000000205. The first-order chi connectivity index (χ1) is 30.4. The largest absolute Gasteiger partial charge is 0.411 e. The predicted octanol–water partition coefficient (Wildman–Crippen LogP) is 8.35. The Labute approximate surface area is 366 Å². The number of halogens is 6. The zero-order valence-electron chi connectivity index (χ0n) is 36.7. The van der Waals surface area contributed by atoms with Crippen LogP contribution in [-0.4, -0.2) is 92.4 Å². The molecule has 0 spiro atoms. The number of fused-ring (bicyclic) bond motifs is 2. The summed E-state index contributed by atoms with van der Waals surface area (Å²) in [4.78, 5) is 33.6. The first kappa shape index (κ1) is 48.2. The van der Waals surface area contributed by atoms with Gasteiger partial charge in [-0.15, -0.1) is 0 Å². The quantitative estimate of drug-likeness (QED) is 0.0906. The molecule has 4 heterocycles. The lowest BCUT2D eigenvalue weighted by atomic mass is 9.81. The predicted molar refractivity (Wildman–Crippen MR) is 232 cm³/mol. The van der Waals surface area contributed by atoms with Crippen LogP contribution in [0.4, 0.5) is 26.3 Å². The summed E-state index contributed by atoms with van der Waals surface area (Å²) in [6.45, 7) is 1.51. The Morgan fingerprint density at radius 3 is 1.44 bits per heavy atom. The van der Waals surface area contributed by atoms with Crippen LogP contribution < -0.4 is 11.1 Å². The van der Waals surface area contributed by atoms with Crippen LogP contribution in [0, 0.1) is 13.8 Å². The van der Waals surface area contributed by atoms with E-state index in [2.05, 4.69) is 0 Å². The molecule has 8 rings (SSSR count). The Bertz CT molecular complexity index is 2620. The van der Waals surface area contributed by atoms with E-state index in [9.17, 15) is 35.9 Å². The highest BCUT2D eigenvalue weighted by atomic mass is 19.4. The summed E-state index contributed by atoms with van der Waals surface area (Å²) in [6, 6.07) is 15.4. The van der Waals surface area contributed by atoms with E-state index in [1.54, 1.807) is 56.6 Å². The van der Waals surface area contributed by atoms with Crippen molar-refractivity contribution in [3.05, 3.63) is 104 Å². The monoisotopic (exact) mass is 900 g/mol. The van der Waals surface area contributed by atoms with Crippen LogP contribution in [0.3, 0.4) is 0 Å². The molecule has 0 atom stereocenters. The van der Waals surface area contributed by atoms with E-state index in [-0.39, 0.29) is 42.9 Å². The van der Waals surface area contributed by atoms with Gasteiger partial charge in [-0.25, -0.2) is 9.97 Å². The van der Waals surface area contributed by atoms with E-state index >= 15 is 0 Å². The fourth-order valence-electron chi connectivity index (χ4n) is 8.13. The van der Waals surface area contributed by atoms with Crippen LogP contribution >= 0.6 is 0 Å². The molecule has 4 aromatic heterocycles. The second kappa shape index (κ2) is 20.3. The third kappa shape index (κ3) is 11.3. The van der Waals surface area contributed by atoms with Crippen LogP contribution in [0.5, 0.6) is 0 Å². The molecule has 0 saturated heterocycles. The van der Waals surface area contributed by atoms with E-state index in [1.165, 1.54) is 0 Å².